The molecule has 0 aromatic carbocycles. The normalized spacial score (nSPS) is 23.9. The first-order valence-corrected chi connectivity index (χ1v) is 8.09. The Hall–Kier alpha value is -1.32. The fourth-order valence-electron chi connectivity index (χ4n) is 3.47. The molecule has 1 aromatic rings. The minimum atomic E-state index is 0.379. The smallest absolute Gasteiger partial charge is 0.227 e. The van der Waals surface area contributed by atoms with E-state index in [1.165, 1.54) is 18.4 Å². The van der Waals surface area contributed by atoms with Crippen LogP contribution in [0.4, 0.5) is 11.8 Å². The molecule has 3 heterocycles. The topological polar surface area (TPSA) is 32.3 Å². The number of hydrogen-bond acceptors (Lipinski definition) is 4. The lowest BCUT2D eigenvalue weighted by atomic mass is 9.93. The maximum Gasteiger partial charge on any atom is 0.227 e. The molecule has 1 aromatic heterocycles. The van der Waals surface area contributed by atoms with Gasteiger partial charge in [-0.3, -0.25) is 0 Å². The first kappa shape index (κ1) is 14.6. The fraction of sp³-hybridized carbons (Fsp3) is 0.765. The molecule has 0 spiro atoms. The zero-order chi connectivity index (χ0) is 15.3. The summed E-state index contributed by atoms with van der Waals surface area (Å²) in [5, 5.41) is 0. The molecule has 2 aliphatic heterocycles. The quantitative estimate of drug-likeness (QED) is 0.836. The highest BCUT2D eigenvalue weighted by Crippen LogP contribution is 2.35. The zero-order valence-electron chi connectivity index (χ0n) is 14.1. The molecular formula is C17H28N4. The fourth-order valence-corrected chi connectivity index (χ4v) is 3.47. The summed E-state index contributed by atoms with van der Waals surface area (Å²) in [4.78, 5) is 14.3. The summed E-state index contributed by atoms with van der Waals surface area (Å²) in [5.74, 6) is 2.04. The van der Waals surface area contributed by atoms with E-state index in [0.29, 0.717) is 10.8 Å². The standard InChI is InChI=1S/C17H28N4/c1-13-10-18-15(21-9-7-17(4,5)12-21)19-14(13)20-8-6-16(2,3)11-20/h10H,6-9,11-12H2,1-5H3. The average Bonchev–Trinajstić information content (AvgIpc) is 2.92. The van der Waals surface area contributed by atoms with E-state index in [9.17, 15) is 0 Å². The molecule has 2 aliphatic rings. The van der Waals surface area contributed by atoms with Crippen molar-refractivity contribution in [2.45, 2.75) is 47.5 Å². The van der Waals surface area contributed by atoms with Crippen LogP contribution in [0, 0.1) is 17.8 Å². The highest BCUT2D eigenvalue weighted by molar-refractivity contribution is 5.51. The average molecular weight is 288 g/mol. The van der Waals surface area contributed by atoms with E-state index in [-0.39, 0.29) is 0 Å². The molecular weight excluding hydrogens is 260 g/mol. The van der Waals surface area contributed by atoms with Gasteiger partial charge in [0.2, 0.25) is 5.95 Å². The largest absolute Gasteiger partial charge is 0.356 e. The van der Waals surface area contributed by atoms with Crippen molar-refractivity contribution in [3.05, 3.63) is 11.8 Å². The summed E-state index contributed by atoms with van der Waals surface area (Å²) in [5.41, 5.74) is 1.96. The van der Waals surface area contributed by atoms with Crippen molar-refractivity contribution >= 4 is 11.8 Å². The second-order valence-electron chi connectivity index (χ2n) is 8.35. The van der Waals surface area contributed by atoms with Gasteiger partial charge >= 0.3 is 0 Å². The van der Waals surface area contributed by atoms with Crippen LogP contribution in [0.3, 0.4) is 0 Å². The Morgan fingerprint density at radius 1 is 0.952 bits per heavy atom. The molecule has 0 N–H and O–H groups in total. The van der Waals surface area contributed by atoms with Crippen LogP contribution in [0.15, 0.2) is 6.20 Å². The third-order valence-electron chi connectivity index (χ3n) is 4.87. The van der Waals surface area contributed by atoms with Crippen LogP contribution in [0.2, 0.25) is 0 Å². The maximum absolute atomic E-state index is 4.91. The van der Waals surface area contributed by atoms with Gasteiger partial charge in [0.05, 0.1) is 0 Å². The minimum Gasteiger partial charge on any atom is -0.356 e. The number of anilines is 2. The molecule has 0 atom stereocenters. The number of aryl methyl sites for hydroxylation is 1. The molecule has 4 nitrogen and oxygen atoms in total. The van der Waals surface area contributed by atoms with Gasteiger partial charge in [-0.2, -0.15) is 4.98 Å². The molecule has 2 saturated heterocycles. The van der Waals surface area contributed by atoms with Gasteiger partial charge in [-0.25, -0.2) is 4.98 Å². The van der Waals surface area contributed by atoms with E-state index in [0.717, 1.165) is 37.9 Å². The SMILES string of the molecule is Cc1cnc(N2CCC(C)(C)C2)nc1N1CCC(C)(C)C1. The molecule has 2 fully saturated rings. The number of nitrogens with zero attached hydrogens (tertiary/aromatic N) is 4. The first-order chi connectivity index (χ1) is 9.76. The van der Waals surface area contributed by atoms with E-state index < -0.39 is 0 Å². The van der Waals surface area contributed by atoms with Gasteiger partial charge in [0, 0.05) is 37.9 Å². The maximum atomic E-state index is 4.91. The van der Waals surface area contributed by atoms with E-state index in [2.05, 4.69) is 49.4 Å². The Morgan fingerprint density at radius 2 is 1.52 bits per heavy atom. The van der Waals surface area contributed by atoms with E-state index in [1.807, 2.05) is 6.20 Å². The van der Waals surface area contributed by atoms with Crippen LogP contribution < -0.4 is 9.80 Å². The molecule has 0 unspecified atom stereocenters. The molecule has 3 rings (SSSR count). The van der Waals surface area contributed by atoms with E-state index in [4.69, 9.17) is 4.98 Å². The second-order valence-corrected chi connectivity index (χ2v) is 8.35. The number of hydrogen-bond donors (Lipinski definition) is 0. The van der Waals surface area contributed by atoms with Gasteiger partial charge in [-0.05, 0) is 30.6 Å². The second kappa shape index (κ2) is 4.85. The highest BCUT2D eigenvalue weighted by atomic mass is 15.3. The monoisotopic (exact) mass is 288 g/mol. The molecule has 0 radical (unpaired) electrons. The van der Waals surface area contributed by atoms with Crippen molar-refractivity contribution in [1.82, 2.24) is 9.97 Å². The van der Waals surface area contributed by atoms with Gasteiger partial charge in [0.1, 0.15) is 5.82 Å². The van der Waals surface area contributed by atoms with Crippen molar-refractivity contribution in [1.29, 1.82) is 0 Å². The van der Waals surface area contributed by atoms with Gasteiger partial charge in [-0.15, -0.1) is 0 Å². The lowest BCUT2D eigenvalue weighted by Crippen LogP contribution is -2.28. The number of rotatable bonds is 2. The van der Waals surface area contributed by atoms with Crippen LogP contribution in [0.1, 0.15) is 46.1 Å². The van der Waals surface area contributed by atoms with Crippen molar-refractivity contribution in [3.63, 3.8) is 0 Å². The van der Waals surface area contributed by atoms with E-state index >= 15 is 0 Å². The Balaban J connectivity index is 1.84. The van der Waals surface area contributed by atoms with Crippen molar-refractivity contribution in [2.24, 2.45) is 10.8 Å². The number of aromatic nitrogens is 2. The van der Waals surface area contributed by atoms with Gasteiger partial charge < -0.3 is 9.80 Å². The lowest BCUT2D eigenvalue weighted by Gasteiger charge is -2.25. The lowest BCUT2D eigenvalue weighted by molar-refractivity contribution is 0.418. The summed E-state index contributed by atoms with van der Waals surface area (Å²) in [7, 11) is 0. The zero-order valence-corrected chi connectivity index (χ0v) is 14.1. The predicted molar refractivity (Wildman–Crippen MR) is 88.0 cm³/mol. The van der Waals surface area contributed by atoms with Crippen molar-refractivity contribution < 1.29 is 0 Å². The van der Waals surface area contributed by atoms with Crippen LogP contribution in [0.5, 0.6) is 0 Å². The van der Waals surface area contributed by atoms with Crippen LogP contribution in [-0.2, 0) is 0 Å². The molecule has 21 heavy (non-hydrogen) atoms. The van der Waals surface area contributed by atoms with Crippen molar-refractivity contribution in [2.75, 3.05) is 36.0 Å². The van der Waals surface area contributed by atoms with Crippen molar-refractivity contribution in [3.8, 4) is 0 Å². The minimum absolute atomic E-state index is 0.379. The van der Waals surface area contributed by atoms with Crippen LogP contribution >= 0.6 is 0 Å². The van der Waals surface area contributed by atoms with Gasteiger partial charge in [-0.1, -0.05) is 27.7 Å². The summed E-state index contributed by atoms with van der Waals surface area (Å²) in [6, 6.07) is 0. The highest BCUT2D eigenvalue weighted by Gasteiger charge is 2.33. The summed E-state index contributed by atoms with van der Waals surface area (Å²) < 4.78 is 0. The Labute approximate surface area is 128 Å². The summed E-state index contributed by atoms with van der Waals surface area (Å²) in [6.07, 6.45) is 4.45. The molecule has 0 amide bonds. The van der Waals surface area contributed by atoms with Gasteiger partial charge in [0.15, 0.2) is 0 Å². The van der Waals surface area contributed by atoms with Gasteiger partial charge in [0.25, 0.3) is 0 Å². The van der Waals surface area contributed by atoms with Crippen LogP contribution in [-0.4, -0.2) is 36.1 Å². The molecule has 0 bridgehead atoms. The summed E-state index contributed by atoms with van der Waals surface area (Å²) in [6.45, 7) is 15.8. The third-order valence-corrected chi connectivity index (χ3v) is 4.87. The molecule has 0 aliphatic carbocycles. The predicted octanol–water partition coefficient (Wildman–Crippen LogP) is 3.26. The molecule has 0 saturated carbocycles. The Kier molecular flexibility index (Phi) is 3.38. The van der Waals surface area contributed by atoms with E-state index in [1.54, 1.807) is 0 Å². The first-order valence-electron chi connectivity index (χ1n) is 8.09. The summed E-state index contributed by atoms with van der Waals surface area (Å²) >= 11 is 0. The Bertz CT molecular complexity index is 536. The third kappa shape index (κ3) is 2.99. The molecule has 116 valence electrons. The Morgan fingerprint density at radius 3 is 2.05 bits per heavy atom. The van der Waals surface area contributed by atoms with Crippen LogP contribution in [0.25, 0.3) is 0 Å². The molecule has 4 heteroatoms.